The molecule has 5 aliphatic heterocycles. The van der Waals surface area contributed by atoms with Gasteiger partial charge in [-0.1, -0.05) is 42.5 Å². The molecule has 19 heteroatoms. The van der Waals surface area contributed by atoms with Crippen molar-refractivity contribution in [2.24, 2.45) is 0 Å². The van der Waals surface area contributed by atoms with Gasteiger partial charge in [0.25, 0.3) is 0 Å². The largest absolute Gasteiger partial charge is 0.508 e. The van der Waals surface area contributed by atoms with Gasteiger partial charge in [-0.25, -0.2) is 27.6 Å². The Hall–Kier alpha value is -9.49. The number of ketones is 1. The zero-order valence-corrected chi connectivity index (χ0v) is 50.7. The first-order valence-corrected chi connectivity index (χ1v) is 30.3. The molecule has 6 aromatic carbocycles. The van der Waals surface area contributed by atoms with Gasteiger partial charge in [0.1, 0.15) is 46.6 Å². The van der Waals surface area contributed by atoms with Crippen LogP contribution in [0.5, 0.6) is 23.0 Å². The van der Waals surface area contributed by atoms with Crippen LogP contribution >= 0.6 is 0 Å². The van der Waals surface area contributed by atoms with Crippen LogP contribution in [0.25, 0.3) is 27.8 Å². The lowest BCUT2D eigenvalue weighted by Crippen LogP contribution is -2.11. The number of fused-ring (bicyclic) bond motifs is 5. The smallest absolute Gasteiger partial charge is 0.331 e. The zero-order chi connectivity index (χ0) is 64.2. The number of esters is 5. The van der Waals surface area contributed by atoms with Gasteiger partial charge in [0.2, 0.25) is 0 Å². The first-order valence-electron chi connectivity index (χ1n) is 30.3. The van der Waals surface area contributed by atoms with E-state index < -0.39 is 18.0 Å². The summed E-state index contributed by atoms with van der Waals surface area (Å²) in [6.07, 6.45) is 9.28. The first kappa shape index (κ1) is 63.1. The van der Waals surface area contributed by atoms with E-state index in [4.69, 9.17) is 33.2 Å². The molecule has 0 unspecified atom stereocenters. The summed E-state index contributed by atoms with van der Waals surface area (Å²) in [7, 11) is 2.75. The van der Waals surface area contributed by atoms with E-state index in [0.29, 0.717) is 126 Å². The van der Waals surface area contributed by atoms with Gasteiger partial charge >= 0.3 is 29.8 Å². The molecule has 0 saturated heterocycles. The summed E-state index contributed by atoms with van der Waals surface area (Å²) in [6.45, 7) is 6.09. The molecule has 4 atom stereocenters. The number of phenolic OH excluding ortho intramolecular Hbond substituents is 1. The number of aromatic hydroxyl groups is 1. The molecule has 0 amide bonds. The van der Waals surface area contributed by atoms with Gasteiger partial charge in [-0.3, -0.25) is 14.4 Å². The summed E-state index contributed by atoms with van der Waals surface area (Å²) in [5.41, 5.74) is 15.3. The van der Waals surface area contributed by atoms with E-state index >= 15 is 4.39 Å². The molecule has 472 valence electrons. The molecule has 16 nitrogen and oxygen atoms in total. The Kier molecular flexibility index (Phi) is 18.9. The lowest BCUT2D eigenvalue weighted by molar-refractivity contribution is -0.142. The minimum absolute atomic E-state index is 0.0352. The van der Waals surface area contributed by atoms with Crippen molar-refractivity contribution >= 4 is 52.3 Å². The fourth-order valence-corrected chi connectivity index (χ4v) is 13.3. The number of cyclic esters (lactones) is 3. The van der Waals surface area contributed by atoms with Crippen LogP contribution in [0.2, 0.25) is 0 Å². The monoisotopic (exact) mass is 1240 g/mol. The highest BCUT2D eigenvalue weighted by Crippen LogP contribution is 2.47. The maximum Gasteiger partial charge on any atom is 0.331 e. The Bertz CT molecular complexity index is 4010. The van der Waals surface area contributed by atoms with Crippen molar-refractivity contribution in [2.45, 2.75) is 109 Å². The van der Waals surface area contributed by atoms with Crippen molar-refractivity contribution in [3.05, 3.63) is 193 Å². The Morgan fingerprint density at radius 2 is 1.03 bits per heavy atom. The van der Waals surface area contributed by atoms with E-state index in [-0.39, 0.29) is 76.8 Å². The van der Waals surface area contributed by atoms with Crippen molar-refractivity contribution < 1.29 is 90.0 Å². The molecule has 0 saturated carbocycles. The van der Waals surface area contributed by atoms with E-state index in [0.717, 1.165) is 83.5 Å². The number of aryl methyl sites for hydroxylation is 2. The van der Waals surface area contributed by atoms with E-state index in [9.17, 15) is 47.8 Å². The van der Waals surface area contributed by atoms with Gasteiger partial charge < -0.3 is 48.1 Å². The SMILES string of the molecule is COC(=O)C[C@@H]1COc2cc(O)ccc21.COC(=O)C[C@@H]1COc2cc(O[C@@H]3CCc4c(-c5c(C)cc(C6=CC(=O)OCC6)cc5C)ccc(F)c43)ccc21.O=C1C=C(c2ccc(F)c3c2CCC3=O)CCO1.O=C1C=C(c2ccc(F)c3c2CC[C@@H]3O)CCO1. The van der Waals surface area contributed by atoms with Crippen LogP contribution < -0.4 is 14.2 Å². The van der Waals surface area contributed by atoms with Crippen LogP contribution in [0.1, 0.15) is 153 Å². The quantitative estimate of drug-likeness (QED) is 0.0963. The maximum absolute atomic E-state index is 15.3. The average molecular weight is 1250 g/mol. The molecular formula is C72H67F3O16. The Morgan fingerprint density at radius 1 is 0.527 bits per heavy atom. The second-order valence-electron chi connectivity index (χ2n) is 23.3. The third-order valence-corrected chi connectivity index (χ3v) is 17.6. The molecule has 0 bridgehead atoms. The fourth-order valence-electron chi connectivity index (χ4n) is 13.3. The van der Waals surface area contributed by atoms with Crippen LogP contribution in [0, 0.1) is 31.3 Å². The van der Waals surface area contributed by atoms with Crippen LogP contribution in [-0.2, 0) is 66.9 Å². The third kappa shape index (κ3) is 13.7. The van der Waals surface area contributed by atoms with Crippen LogP contribution in [0.15, 0.2) is 103 Å². The van der Waals surface area contributed by atoms with Crippen LogP contribution in [0.4, 0.5) is 13.2 Å². The summed E-state index contributed by atoms with van der Waals surface area (Å²) >= 11 is 0. The molecule has 5 heterocycles. The normalized spacial score (nSPS) is 19.5. The van der Waals surface area contributed by atoms with Crippen molar-refractivity contribution in [3.8, 4) is 34.1 Å². The van der Waals surface area contributed by atoms with Crippen molar-refractivity contribution in [2.75, 3.05) is 47.3 Å². The van der Waals surface area contributed by atoms with Gasteiger partial charge in [-0.05, 0) is 149 Å². The number of hydrogen-bond donors (Lipinski definition) is 2. The molecule has 0 aromatic heterocycles. The first-order chi connectivity index (χ1) is 43.8. The standard InChI is InChI=1S/C33H31FO6.C14H13FO3.C14H11FO3.C11H12O4/c1-18-12-21(20-10-11-38-31(36)14-20)13-19(2)32(18)25-6-8-27(34)33-26(25)7-9-28(33)40-23-4-5-24-22(15-30(35)37-3)17-39-29(24)16-23;2*15-11-3-1-9(8-5-6-18-13(17)7-8)10-2-4-12(16)14(10)11;1-14-11(13)4-7-6-15-10-5-8(12)2-3-9(7)10/h4-6,8,12-14,16,22,28H,7,9-11,15,17H2,1-3H3;1,3,7,12,16H,2,4-6H2;1,3,7H,2,4-6H2;2-3,5,7,12H,4,6H2,1H3/t22-,28-;12-;;7-/m10.1/s1. The average Bonchev–Trinajstić information content (AvgIpc) is 1.75. The number of benzene rings is 6. The van der Waals surface area contributed by atoms with E-state index in [2.05, 4.69) is 30.7 Å². The number of halogens is 3. The highest BCUT2D eigenvalue weighted by molar-refractivity contribution is 6.03. The van der Waals surface area contributed by atoms with Crippen molar-refractivity contribution in [1.82, 2.24) is 0 Å². The molecule has 2 N–H and O–H groups in total. The highest BCUT2D eigenvalue weighted by atomic mass is 19.1. The number of Topliss-reactive ketones (excluding diaryl/α,β-unsaturated/α-hetero) is 1. The number of rotatable bonds is 10. The molecule has 8 aliphatic rings. The predicted molar refractivity (Wildman–Crippen MR) is 327 cm³/mol. The fraction of sp³-hybridized carbons (Fsp3) is 0.333. The summed E-state index contributed by atoms with van der Waals surface area (Å²) in [4.78, 5) is 68.8. The van der Waals surface area contributed by atoms with Gasteiger partial charge in [-0.2, -0.15) is 0 Å². The van der Waals surface area contributed by atoms with Crippen LogP contribution in [-0.4, -0.2) is 93.1 Å². The van der Waals surface area contributed by atoms with Gasteiger partial charge in [0, 0.05) is 90.1 Å². The molecule has 14 rings (SSSR count). The molecule has 0 spiro atoms. The van der Waals surface area contributed by atoms with Gasteiger partial charge in [0.15, 0.2) is 5.78 Å². The topological polar surface area (TPSA) is 217 Å². The molecule has 0 fully saturated rings. The van der Waals surface area contributed by atoms with E-state index in [1.165, 1.54) is 44.6 Å². The number of carbonyl (C=O) groups is 6. The number of aliphatic hydroxyl groups excluding tert-OH is 1. The molecule has 3 aliphatic carbocycles. The van der Waals surface area contributed by atoms with E-state index in [1.54, 1.807) is 36.4 Å². The Labute approximate surface area is 523 Å². The predicted octanol–water partition coefficient (Wildman–Crippen LogP) is 12.4. The second kappa shape index (κ2) is 27.3. The number of phenols is 1. The molecule has 6 aromatic rings. The maximum atomic E-state index is 15.3. The van der Waals surface area contributed by atoms with Gasteiger partial charge in [0.05, 0.1) is 71.8 Å². The van der Waals surface area contributed by atoms with Crippen molar-refractivity contribution in [1.29, 1.82) is 0 Å². The highest BCUT2D eigenvalue weighted by Gasteiger charge is 2.35. The minimum atomic E-state index is -0.726. The number of hydrogen-bond acceptors (Lipinski definition) is 16. The molecule has 0 radical (unpaired) electrons. The Morgan fingerprint density at radius 3 is 1.63 bits per heavy atom. The van der Waals surface area contributed by atoms with Gasteiger partial charge in [-0.15, -0.1) is 0 Å². The third-order valence-electron chi connectivity index (χ3n) is 17.6. The van der Waals surface area contributed by atoms with E-state index in [1.807, 2.05) is 24.3 Å². The summed E-state index contributed by atoms with van der Waals surface area (Å²) in [6, 6.07) is 24.2. The van der Waals surface area contributed by atoms with Crippen LogP contribution in [0.3, 0.4) is 0 Å². The number of carbonyl (C=O) groups excluding carboxylic acids is 6. The number of aliphatic hydroxyl groups is 1. The second-order valence-corrected chi connectivity index (χ2v) is 23.3. The zero-order valence-electron chi connectivity index (χ0n) is 50.7. The number of methoxy groups -OCH3 is 2. The summed E-state index contributed by atoms with van der Waals surface area (Å²) in [5, 5.41) is 19.0. The summed E-state index contributed by atoms with van der Waals surface area (Å²) < 4.78 is 84.3. The van der Waals surface area contributed by atoms with Crippen molar-refractivity contribution in [3.63, 3.8) is 0 Å². The summed E-state index contributed by atoms with van der Waals surface area (Å²) in [5.74, 6) is -0.690. The lowest BCUT2D eigenvalue weighted by atomic mass is 9.87. The minimum Gasteiger partial charge on any atom is -0.508 e. The Balaban J connectivity index is 0.000000138. The molecule has 91 heavy (non-hydrogen) atoms. The number of ether oxygens (including phenoxy) is 8. The molecular weight excluding hydrogens is 1180 g/mol. The lowest BCUT2D eigenvalue weighted by Gasteiger charge is -2.20.